The second-order valence-corrected chi connectivity index (χ2v) is 9.81. The number of aryl methyl sites for hydroxylation is 1. The highest BCUT2D eigenvalue weighted by Gasteiger charge is 2.54. The van der Waals surface area contributed by atoms with Gasteiger partial charge in [0, 0.05) is 5.41 Å². The van der Waals surface area contributed by atoms with E-state index < -0.39 is 5.60 Å². The van der Waals surface area contributed by atoms with Crippen LogP contribution in [0.25, 0.3) is 0 Å². The zero-order valence-electron chi connectivity index (χ0n) is 18.0. The molecule has 0 amide bonds. The average molecular weight is 406 g/mol. The fourth-order valence-electron chi connectivity index (χ4n) is 5.88. The van der Waals surface area contributed by atoms with Crippen molar-refractivity contribution in [2.75, 3.05) is 13.1 Å². The highest BCUT2D eigenvalue weighted by Crippen LogP contribution is 2.55. The molecule has 0 aromatic heterocycles. The number of fused-ring (bicyclic) bond motifs is 3. The molecule has 2 aromatic carbocycles. The Labute approximate surface area is 180 Å². The first-order chi connectivity index (χ1) is 14.7. The van der Waals surface area contributed by atoms with Crippen molar-refractivity contribution in [3.8, 4) is 5.75 Å². The summed E-state index contributed by atoms with van der Waals surface area (Å²) in [6.07, 6.45) is 10.0. The molecule has 2 aromatic rings. The van der Waals surface area contributed by atoms with E-state index >= 15 is 0 Å². The topological polar surface area (TPSA) is 41.5 Å². The Kier molecular flexibility index (Phi) is 5.59. The molecule has 2 N–H and O–H groups in total. The van der Waals surface area contributed by atoms with Gasteiger partial charge in [-0.2, -0.15) is 0 Å². The number of rotatable bonds is 8. The van der Waals surface area contributed by atoms with Gasteiger partial charge in [-0.25, -0.2) is 0 Å². The Hall–Kier alpha value is -1.84. The maximum Gasteiger partial charge on any atom is 0.120 e. The number of ether oxygens (including phenoxy) is 1. The largest absolute Gasteiger partial charge is 0.489 e. The maximum absolute atomic E-state index is 11.8. The zero-order valence-corrected chi connectivity index (χ0v) is 18.0. The summed E-state index contributed by atoms with van der Waals surface area (Å²) in [5.41, 5.74) is 3.24. The van der Waals surface area contributed by atoms with Crippen molar-refractivity contribution in [2.24, 2.45) is 5.92 Å². The summed E-state index contributed by atoms with van der Waals surface area (Å²) in [6.45, 7) is 2.72. The van der Waals surface area contributed by atoms with E-state index in [9.17, 15) is 5.11 Å². The van der Waals surface area contributed by atoms with E-state index in [1.807, 2.05) is 6.07 Å². The van der Waals surface area contributed by atoms with Crippen LogP contribution in [0.2, 0.25) is 0 Å². The van der Waals surface area contributed by atoms with Crippen LogP contribution in [0.5, 0.6) is 5.75 Å². The molecule has 2 unspecified atom stereocenters. The van der Waals surface area contributed by atoms with Gasteiger partial charge in [-0.05, 0) is 92.8 Å². The standard InChI is InChI=1S/C27H35NO2/c29-27-14-5-4-13-26(27,16-17-28-19-21-8-9-21)25-18-24(11-10-23(25)12-15-27)30-20-22-6-2-1-3-7-22/h1-3,6-7,10-11,18,21,28-29H,4-5,8-9,12-17,19-20H2. The first-order valence-corrected chi connectivity index (χ1v) is 11.9. The quantitative estimate of drug-likeness (QED) is 0.597. The number of nitrogens with one attached hydrogen (secondary N) is 1. The molecule has 0 saturated heterocycles. The molecule has 2 atom stereocenters. The Morgan fingerprint density at radius 1 is 1.00 bits per heavy atom. The van der Waals surface area contributed by atoms with Gasteiger partial charge in [0.25, 0.3) is 0 Å². The van der Waals surface area contributed by atoms with Crippen molar-refractivity contribution in [1.82, 2.24) is 5.32 Å². The van der Waals surface area contributed by atoms with Gasteiger partial charge in [-0.1, -0.05) is 49.2 Å². The zero-order chi connectivity index (χ0) is 20.4. The Morgan fingerprint density at radius 2 is 1.83 bits per heavy atom. The second-order valence-electron chi connectivity index (χ2n) is 9.81. The molecule has 2 saturated carbocycles. The van der Waals surface area contributed by atoms with Crippen molar-refractivity contribution in [3.63, 3.8) is 0 Å². The van der Waals surface area contributed by atoms with Gasteiger partial charge in [-0.3, -0.25) is 0 Å². The molecule has 5 rings (SSSR count). The normalized spacial score (nSPS) is 27.9. The van der Waals surface area contributed by atoms with Gasteiger partial charge in [0.05, 0.1) is 5.60 Å². The number of aliphatic hydroxyl groups is 1. The van der Waals surface area contributed by atoms with Crippen LogP contribution in [0.15, 0.2) is 48.5 Å². The van der Waals surface area contributed by atoms with Gasteiger partial charge < -0.3 is 15.2 Å². The predicted octanol–water partition coefficient (Wildman–Crippen LogP) is 5.14. The van der Waals surface area contributed by atoms with Crippen molar-refractivity contribution in [3.05, 3.63) is 65.2 Å². The SMILES string of the molecule is OC12CCCCC1(CCNCC1CC1)c1cc(OCc3ccccc3)ccc1CC2. The van der Waals surface area contributed by atoms with Crippen LogP contribution in [0, 0.1) is 5.92 Å². The van der Waals surface area contributed by atoms with Gasteiger partial charge in [0.1, 0.15) is 12.4 Å². The molecule has 160 valence electrons. The van der Waals surface area contributed by atoms with Crippen LogP contribution in [-0.4, -0.2) is 23.8 Å². The molecule has 3 aliphatic rings. The molecule has 3 nitrogen and oxygen atoms in total. The van der Waals surface area contributed by atoms with Crippen LogP contribution in [0.4, 0.5) is 0 Å². The fraction of sp³-hybridized carbons (Fsp3) is 0.556. The lowest BCUT2D eigenvalue weighted by Crippen LogP contribution is -2.57. The minimum Gasteiger partial charge on any atom is -0.489 e. The van der Waals surface area contributed by atoms with E-state index in [-0.39, 0.29) is 5.41 Å². The number of hydrogen-bond donors (Lipinski definition) is 2. The van der Waals surface area contributed by atoms with Crippen LogP contribution in [0.3, 0.4) is 0 Å². The Balaban J connectivity index is 1.39. The number of benzene rings is 2. The van der Waals surface area contributed by atoms with Gasteiger partial charge in [-0.15, -0.1) is 0 Å². The van der Waals surface area contributed by atoms with Gasteiger partial charge in [0.15, 0.2) is 0 Å². The van der Waals surface area contributed by atoms with Crippen molar-refractivity contribution < 1.29 is 9.84 Å². The molecule has 0 bridgehead atoms. The first kappa shape index (κ1) is 20.1. The van der Waals surface area contributed by atoms with Crippen molar-refractivity contribution in [2.45, 2.75) is 75.4 Å². The molecular weight excluding hydrogens is 370 g/mol. The van der Waals surface area contributed by atoms with Crippen LogP contribution >= 0.6 is 0 Å². The third-order valence-electron chi connectivity index (χ3n) is 7.85. The fourth-order valence-corrected chi connectivity index (χ4v) is 5.88. The summed E-state index contributed by atoms with van der Waals surface area (Å²) < 4.78 is 6.18. The highest BCUT2D eigenvalue weighted by atomic mass is 16.5. The van der Waals surface area contributed by atoms with Crippen LogP contribution in [-0.2, 0) is 18.4 Å². The molecule has 3 heteroatoms. The summed E-state index contributed by atoms with van der Waals surface area (Å²) in [6, 6.07) is 17.0. The summed E-state index contributed by atoms with van der Waals surface area (Å²) in [7, 11) is 0. The monoisotopic (exact) mass is 405 g/mol. The van der Waals surface area contributed by atoms with Gasteiger partial charge >= 0.3 is 0 Å². The lowest BCUT2D eigenvalue weighted by molar-refractivity contribution is -0.0869. The van der Waals surface area contributed by atoms with Crippen LogP contribution < -0.4 is 10.1 Å². The predicted molar refractivity (Wildman–Crippen MR) is 121 cm³/mol. The molecule has 0 spiro atoms. The van der Waals surface area contributed by atoms with E-state index in [4.69, 9.17) is 4.74 Å². The van der Waals surface area contributed by atoms with Gasteiger partial charge in [0.2, 0.25) is 0 Å². The average Bonchev–Trinajstić information content (AvgIpc) is 3.61. The molecule has 0 radical (unpaired) electrons. The highest BCUT2D eigenvalue weighted by molar-refractivity contribution is 5.46. The molecule has 3 aliphatic carbocycles. The molecular formula is C27H35NO2. The Bertz CT molecular complexity index is 862. The smallest absolute Gasteiger partial charge is 0.120 e. The summed E-state index contributed by atoms with van der Waals surface area (Å²) in [4.78, 5) is 0. The summed E-state index contributed by atoms with van der Waals surface area (Å²) in [5, 5.41) is 15.5. The van der Waals surface area contributed by atoms with E-state index in [2.05, 4.69) is 47.8 Å². The van der Waals surface area contributed by atoms with E-state index in [1.54, 1.807) is 0 Å². The van der Waals surface area contributed by atoms with Crippen LogP contribution in [0.1, 0.15) is 68.1 Å². The third-order valence-corrected chi connectivity index (χ3v) is 7.85. The summed E-state index contributed by atoms with van der Waals surface area (Å²) in [5.74, 6) is 1.82. The lowest BCUT2D eigenvalue weighted by atomic mass is 9.53. The molecule has 2 fully saturated rings. The molecule has 30 heavy (non-hydrogen) atoms. The number of hydrogen-bond acceptors (Lipinski definition) is 3. The minimum atomic E-state index is -0.572. The first-order valence-electron chi connectivity index (χ1n) is 11.9. The van der Waals surface area contributed by atoms with E-state index in [0.717, 1.165) is 63.3 Å². The summed E-state index contributed by atoms with van der Waals surface area (Å²) >= 11 is 0. The lowest BCUT2D eigenvalue weighted by Gasteiger charge is -2.55. The van der Waals surface area contributed by atoms with Crippen molar-refractivity contribution >= 4 is 0 Å². The molecule has 0 aliphatic heterocycles. The molecule has 0 heterocycles. The minimum absolute atomic E-state index is 0.137. The van der Waals surface area contributed by atoms with E-state index in [0.29, 0.717) is 6.61 Å². The Morgan fingerprint density at radius 3 is 2.67 bits per heavy atom. The third kappa shape index (κ3) is 3.90. The second kappa shape index (κ2) is 8.36. The van der Waals surface area contributed by atoms with E-state index in [1.165, 1.54) is 36.0 Å². The maximum atomic E-state index is 11.8. The van der Waals surface area contributed by atoms with Crippen molar-refractivity contribution in [1.29, 1.82) is 0 Å².